The normalized spacial score (nSPS) is 9.92. The Morgan fingerprint density at radius 1 is 1.15 bits per heavy atom. The van der Waals surface area contributed by atoms with Crippen LogP contribution in [0.5, 0.6) is 5.75 Å². The van der Waals surface area contributed by atoms with Crippen LogP contribution in [0.1, 0.15) is 16.7 Å². The summed E-state index contributed by atoms with van der Waals surface area (Å²) in [6, 6.07) is 12.0. The number of nitrogens with zero attached hydrogens (tertiary/aromatic N) is 1. The largest absolute Gasteiger partial charge is 0.481 e. The Balaban J connectivity index is 1.84. The molecule has 26 heavy (non-hydrogen) atoms. The maximum absolute atomic E-state index is 11.9. The molecule has 0 fully saturated rings. The van der Waals surface area contributed by atoms with Gasteiger partial charge in [0.05, 0.1) is 11.3 Å². The third-order valence-corrected chi connectivity index (χ3v) is 3.66. The zero-order valence-corrected chi connectivity index (χ0v) is 15.1. The highest BCUT2D eigenvalue weighted by Crippen LogP contribution is 2.26. The summed E-state index contributed by atoms with van der Waals surface area (Å²) in [7, 11) is 0. The second kappa shape index (κ2) is 8.88. The molecule has 0 heterocycles. The number of benzene rings is 2. The van der Waals surface area contributed by atoms with Gasteiger partial charge in [-0.05, 0) is 49.2 Å². The van der Waals surface area contributed by atoms with Crippen molar-refractivity contribution in [3.05, 3.63) is 58.1 Å². The van der Waals surface area contributed by atoms with Gasteiger partial charge in [0.2, 0.25) is 0 Å². The second-order valence-electron chi connectivity index (χ2n) is 5.52. The fraction of sp³-hybridized carbons (Fsp3) is 0.211. The summed E-state index contributed by atoms with van der Waals surface area (Å²) in [6.45, 7) is 2.84. The van der Waals surface area contributed by atoms with Crippen LogP contribution in [0, 0.1) is 25.2 Å². The van der Waals surface area contributed by atoms with E-state index < -0.39 is 18.5 Å². The minimum Gasteiger partial charge on any atom is -0.481 e. The van der Waals surface area contributed by atoms with Crippen LogP contribution in [-0.2, 0) is 14.3 Å². The van der Waals surface area contributed by atoms with Crippen LogP contribution < -0.4 is 10.1 Å². The van der Waals surface area contributed by atoms with Gasteiger partial charge in [0.25, 0.3) is 5.91 Å². The Labute approximate surface area is 156 Å². The van der Waals surface area contributed by atoms with Gasteiger partial charge in [-0.3, -0.25) is 4.79 Å². The molecule has 2 aromatic rings. The predicted molar refractivity (Wildman–Crippen MR) is 97.2 cm³/mol. The summed E-state index contributed by atoms with van der Waals surface area (Å²) in [4.78, 5) is 23.6. The second-order valence-corrected chi connectivity index (χ2v) is 5.96. The third-order valence-electron chi connectivity index (χ3n) is 3.45. The van der Waals surface area contributed by atoms with Gasteiger partial charge < -0.3 is 14.8 Å². The molecule has 0 saturated heterocycles. The van der Waals surface area contributed by atoms with Gasteiger partial charge >= 0.3 is 5.97 Å². The van der Waals surface area contributed by atoms with Crippen LogP contribution in [-0.4, -0.2) is 25.1 Å². The van der Waals surface area contributed by atoms with Crippen LogP contribution in [0.3, 0.4) is 0 Å². The lowest BCUT2D eigenvalue weighted by atomic mass is 10.1. The molecule has 0 aliphatic carbocycles. The smallest absolute Gasteiger partial charge is 0.344 e. The number of nitriles is 1. The molecule has 0 unspecified atom stereocenters. The van der Waals surface area contributed by atoms with Gasteiger partial charge in [0.1, 0.15) is 11.8 Å². The highest BCUT2D eigenvalue weighted by atomic mass is 35.5. The first-order chi connectivity index (χ1) is 12.4. The zero-order chi connectivity index (χ0) is 19.1. The van der Waals surface area contributed by atoms with E-state index in [1.165, 1.54) is 0 Å². The van der Waals surface area contributed by atoms with E-state index in [4.69, 9.17) is 26.3 Å². The minimum absolute atomic E-state index is 0.323. The number of rotatable bonds is 6. The molecule has 0 aromatic heterocycles. The lowest BCUT2D eigenvalue weighted by molar-refractivity contribution is -0.149. The number of hydrogen-bond acceptors (Lipinski definition) is 5. The number of para-hydroxylation sites is 1. The number of carbonyl (C=O) groups is 2. The van der Waals surface area contributed by atoms with E-state index in [9.17, 15) is 9.59 Å². The number of ether oxygens (including phenoxy) is 2. The predicted octanol–water partition coefficient (Wildman–Crippen LogP) is 3.39. The average Bonchev–Trinajstić information content (AvgIpc) is 2.59. The van der Waals surface area contributed by atoms with E-state index >= 15 is 0 Å². The summed E-state index contributed by atoms with van der Waals surface area (Å²) >= 11 is 5.95. The van der Waals surface area contributed by atoms with E-state index in [1.807, 2.05) is 19.9 Å². The molecule has 6 nitrogen and oxygen atoms in total. The monoisotopic (exact) mass is 372 g/mol. The number of halogens is 1. The van der Waals surface area contributed by atoms with Crippen molar-refractivity contribution in [2.75, 3.05) is 18.5 Å². The quantitative estimate of drug-likeness (QED) is 0.785. The Bertz CT molecular complexity index is 851. The van der Waals surface area contributed by atoms with Crippen molar-refractivity contribution < 1.29 is 19.1 Å². The molecule has 2 rings (SSSR count). The number of nitrogens with one attached hydrogen (secondary N) is 1. The topological polar surface area (TPSA) is 88.4 Å². The van der Waals surface area contributed by atoms with Gasteiger partial charge in [0, 0.05) is 5.02 Å². The molecule has 0 atom stereocenters. The fourth-order valence-corrected chi connectivity index (χ4v) is 2.65. The van der Waals surface area contributed by atoms with E-state index in [0.29, 0.717) is 22.0 Å². The van der Waals surface area contributed by atoms with Gasteiger partial charge in [-0.2, -0.15) is 5.26 Å². The first-order valence-corrected chi connectivity index (χ1v) is 8.12. The Kier molecular flexibility index (Phi) is 6.59. The van der Waals surface area contributed by atoms with E-state index in [-0.39, 0.29) is 6.61 Å². The molecular weight excluding hydrogens is 356 g/mol. The first kappa shape index (κ1) is 19.3. The van der Waals surface area contributed by atoms with Crippen molar-refractivity contribution in [1.29, 1.82) is 5.26 Å². The molecule has 2 aromatic carbocycles. The molecule has 1 N–H and O–H groups in total. The highest BCUT2D eigenvalue weighted by Gasteiger charge is 2.12. The Morgan fingerprint density at radius 3 is 2.46 bits per heavy atom. The van der Waals surface area contributed by atoms with Crippen LogP contribution in [0.2, 0.25) is 5.02 Å². The summed E-state index contributed by atoms with van der Waals surface area (Å²) in [5, 5.41) is 12.1. The molecule has 134 valence electrons. The van der Waals surface area contributed by atoms with Crippen LogP contribution >= 0.6 is 11.6 Å². The lowest BCUT2D eigenvalue weighted by Gasteiger charge is -2.12. The van der Waals surface area contributed by atoms with Gasteiger partial charge in [-0.1, -0.05) is 23.7 Å². The summed E-state index contributed by atoms with van der Waals surface area (Å²) in [5.41, 5.74) is 2.28. The number of anilines is 1. The van der Waals surface area contributed by atoms with Gasteiger partial charge in [-0.15, -0.1) is 0 Å². The molecule has 0 aliphatic rings. The molecular formula is C19H17ClN2O4. The van der Waals surface area contributed by atoms with E-state index in [2.05, 4.69) is 5.32 Å². The van der Waals surface area contributed by atoms with Crippen molar-refractivity contribution in [3.8, 4) is 11.8 Å². The molecule has 7 heteroatoms. The van der Waals surface area contributed by atoms with Crippen molar-refractivity contribution >= 4 is 29.2 Å². The minimum atomic E-state index is -0.678. The number of amides is 1. The number of aryl methyl sites for hydroxylation is 2. The maximum atomic E-state index is 11.9. The number of esters is 1. The molecule has 1 amide bonds. The van der Waals surface area contributed by atoms with Crippen LogP contribution in [0.4, 0.5) is 5.69 Å². The summed E-state index contributed by atoms with van der Waals surface area (Å²) in [5.74, 6) is -0.666. The highest BCUT2D eigenvalue weighted by molar-refractivity contribution is 6.30. The van der Waals surface area contributed by atoms with Crippen LogP contribution in [0.25, 0.3) is 0 Å². The molecule has 0 radical (unpaired) electrons. The standard InChI is InChI=1S/C19H17ClN2O4/c1-12-7-15(20)8-13(2)19(12)26-11-18(24)25-10-17(23)22-16-6-4-3-5-14(16)9-21/h3-8H,10-11H2,1-2H3,(H,22,23). The zero-order valence-electron chi connectivity index (χ0n) is 14.3. The maximum Gasteiger partial charge on any atom is 0.344 e. The van der Waals surface area contributed by atoms with E-state index in [0.717, 1.165) is 11.1 Å². The van der Waals surface area contributed by atoms with Crippen molar-refractivity contribution in [2.45, 2.75) is 13.8 Å². The SMILES string of the molecule is Cc1cc(Cl)cc(C)c1OCC(=O)OCC(=O)Nc1ccccc1C#N. The average molecular weight is 373 g/mol. The molecule has 0 bridgehead atoms. The molecule has 0 spiro atoms. The van der Waals surface area contributed by atoms with Gasteiger partial charge in [0.15, 0.2) is 13.2 Å². The summed E-state index contributed by atoms with van der Waals surface area (Å²) < 4.78 is 10.4. The van der Waals surface area contributed by atoms with E-state index in [1.54, 1.807) is 36.4 Å². The van der Waals surface area contributed by atoms with Crippen molar-refractivity contribution in [3.63, 3.8) is 0 Å². The van der Waals surface area contributed by atoms with Gasteiger partial charge in [-0.25, -0.2) is 4.79 Å². The number of hydrogen-bond donors (Lipinski definition) is 1. The fourth-order valence-electron chi connectivity index (χ4n) is 2.32. The third kappa shape index (κ3) is 5.23. The lowest BCUT2D eigenvalue weighted by Crippen LogP contribution is -2.24. The Morgan fingerprint density at radius 2 is 1.81 bits per heavy atom. The van der Waals surface area contributed by atoms with Crippen LogP contribution in [0.15, 0.2) is 36.4 Å². The Hall–Kier alpha value is -3.04. The number of carbonyl (C=O) groups excluding carboxylic acids is 2. The van der Waals surface area contributed by atoms with Crippen molar-refractivity contribution in [1.82, 2.24) is 0 Å². The molecule has 0 saturated carbocycles. The first-order valence-electron chi connectivity index (χ1n) is 7.75. The molecule has 0 aliphatic heterocycles. The van der Waals surface area contributed by atoms with Crippen molar-refractivity contribution in [2.24, 2.45) is 0 Å². The summed E-state index contributed by atoms with van der Waals surface area (Å²) in [6.07, 6.45) is 0.